The van der Waals surface area contributed by atoms with E-state index >= 15 is 0 Å². The van der Waals surface area contributed by atoms with Crippen LogP contribution in [0.25, 0.3) is 10.9 Å². The van der Waals surface area contributed by atoms with Gasteiger partial charge in [-0.1, -0.05) is 6.92 Å². The molecular formula is C18H17F3N4O4. The van der Waals surface area contributed by atoms with Crippen molar-refractivity contribution in [3.05, 3.63) is 41.5 Å². The maximum absolute atomic E-state index is 12.4. The van der Waals surface area contributed by atoms with E-state index in [9.17, 15) is 23.1 Å². The van der Waals surface area contributed by atoms with E-state index < -0.39 is 18.8 Å². The van der Waals surface area contributed by atoms with E-state index in [1.54, 1.807) is 10.7 Å². The first-order valence-corrected chi connectivity index (χ1v) is 8.53. The third-order valence-electron chi connectivity index (χ3n) is 4.09. The number of pyridine rings is 2. The Morgan fingerprint density at radius 1 is 1.31 bits per heavy atom. The average molecular weight is 410 g/mol. The Bertz CT molecular complexity index is 1050. The molecule has 0 spiro atoms. The number of aromatic carboxylic acids is 1. The van der Waals surface area contributed by atoms with Crippen molar-refractivity contribution in [3.8, 4) is 11.6 Å². The number of hydrogen-bond acceptors (Lipinski definition) is 6. The summed E-state index contributed by atoms with van der Waals surface area (Å²) < 4.78 is 48.5. The highest BCUT2D eigenvalue weighted by Crippen LogP contribution is 2.28. The molecule has 0 aliphatic heterocycles. The van der Waals surface area contributed by atoms with Gasteiger partial charge in [-0.2, -0.15) is 18.3 Å². The Morgan fingerprint density at radius 2 is 2.07 bits per heavy atom. The molecule has 0 saturated heterocycles. The van der Waals surface area contributed by atoms with Crippen molar-refractivity contribution >= 4 is 16.9 Å². The SMILES string of the molecule is CCc1c2c(C(=O)O)nccc2nn1Cc1cnc(OCC(F)(F)F)c(OC)c1. The highest BCUT2D eigenvalue weighted by molar-refractivity contribution is 6.01. The zero-order chi connectivity index (χ0) is 21.2. The summed E-state index contributed by atoms with van der Waals surface area (Å²) in [7, 11) is 1.30. The first kappa shape index (κ1) is 20.4. The Hall–Kier alpha value is -3.37. The summed E-state index contributed by atoms with van der Waals surface area (Å²) in [5.74, 6) is -1.37. The molecule has 3 heterocycles. The zero-order valence-corrected chi connectivity index (χ0v) is 15.5. The van der Waals surface area contributed by atoms with Crippen LogP contribution in [0.15, 0.2) is 24.5 Å². The van der Waals surface area contributed by atoms with Crippen molar-refractivity contribution in [2.75, 3.05) is 13.7 Å². The van der Waals surface area contributed by atoms with E-state index in [2.05, 4.69) is 19.8 Å². The largest absolute Gasteiger partial charge is 0.491 e. The summed E-state index contributed by atoms with van der Waals surface area (Å²) in [6, 6.07) is 3.12. The number of halogens is 3. The minimum absolute atomic E-state index is 0.0504. The molecule has 0 aliphatic carbocycles. The van der Waals surface area contributed by atoms with Crippen LogP contribution in [0.1, 0.15) is 28.7 Å². The molecule has 0 saturated carbocycles. The van der Waals surface area contributed by atoms with Gasteiger partial charge < -0.3 is 14.6 Å². The van der Waals surface area contributed by atoms with E-state index in [0.717, 1.165) is 0 Å². The number of alkyl halides is 3. The van der Waals surface area contributed by atoms with Crippen LogP contribution in [-0.4, -0.2) is 50.7 Å². The summed E-state index contributed by atoms with van der Waals surface area (Å²) in [6.07, 6.45) is -1.26. The standard InChI is InChI=1S/C18H17F3N4O4/c1-3-12-14-11(4-5-22-15(14)17(26)27)24-25(12)8-10-6-13(28-2)16(23-7-10)29-9-18(19,20)21/h4-7H,3,8-9H2,1-2H3,(H,26,27). The first-order chi connectivity index (χ1) is 13.7. The minimum atomic E-state index is -4.49. The van der Waals surface area contributed by atoms with Crippen LogP contribution in [0.3, 0.4) is 0 Å². The van der Waals surface area contributed by atoms with E-state index in [4.69, 9.17) is 4.74 Å². The third-order valence-corrected chi connectivity index (χ3v) is 4.09. The lowest BCUT2D eigenvalue weighted by atomic mass is 10.1. The average Bonchev–Trinajstić information content (AvgIpc) is 3.02. The summed E-state index contributed by atoms with van der Waals surface area (Å²) in [5, 5.41) is 14.3. The van der Waals surface area contributed by atoms with Gasteiger partial charge in [-0.3, -0.25) is 4.68 Å². The number of carbonyl (C=O) groups is 1. The van der Waals surface area contributed by atoms with E-state index in [-0.39, 0.29) is 23.9 Å². The monoisotopic (exact) mass is 410 g/mol. The molecule has 154 valence electrons. The predicted molar refractivity (Wildman–Crippen MR) is 95.3 cm³/mol. The van der Waals surface area contributed by atoms with Gasteiger partial charge in [0.2, 0.25) is 0 Å². The molecule has 0 radical (unpaired) electrons. The van der Waals surface area contributed by atoms with Gasteiger partial charge in [-0.05, 0) is 24.1 Å². The van der Waals surface area contributed by atoms with E-state index in [1.807, 2.05) is 6.92 Å². The Labute approximate surface area is 162 Å². The molecule has 3 aromatic rings. The smallest absolute Gasteiger partial charge is 0.422 e. The number of hydrogen-bond donors (Lipinski definition) is 1. The summed E-state index contributed by atoms with van der Waals surface area (Å²) in [6.45, 7) is 0.587. The maximum atomic E-state index is 12.4. The van der Waals surface area contributed by atoms with Crippen LogP contribution < -0.4 is 9.47 Å². The number of rotatable bonds is 7. The van der Waals surface area contributed by atoms with Gasteiger partial charge in [0, 0.05) is 18.1 Å². The molecule has 3 aromatic heterocycles. The van der Waals surface area contributed by atoms with Gasteiger partial charge in [0.25, 0.3) is 5.88 Å². The second-order valence-electron chi connectivity index (χ2n) is 6.07. The van der Waals surface area contributed by atoms with Crippen LogP contribution in [-0.2, 0) is 13.0 Å². The van der Waals surface area contributed by atoms with Gasteiger partial charge in [0.05, 0.1) is 24.6 Å². The lowest BCUT2D eigenvalue weighted by molar-refractivity contribution is -0.154. The topological polar surface area (TPSA) is 99.4 Å². The molecule has 0 unspecified atom stereocenters. The van der Waals surface area contributed by atoms with Crippen LogP contribution in [0, 0.1) is 0 Å². The number of carboxylic acid groups (broad SMARTS) is 1. The van der Waals surface area contributed by atoms with Gasteiger partial charge in [-0.15, -0.1) is 0 Å². The van der Waals surface area contributed by atoms with Crippen molar-refractivity contribution in [2.24, 2.45) is 0 Å². The molecule has 0 amide bonds. The summed E-state index contributed by atoms with van der Waals surface area (Å²) >= 11 is 0. The molecule has 0 aromatic carbocycles. The van der Waals surface area contributed by atoms with Crippen LogP contribution in [0.5, 0.6) is 11.6 Å². The van der Waals surface area contributed by atoms with Crippen molar-refractivity contribution < 1.29 is 32.5 Å². The van der Waals surface area contributed by atoms with Gasteiger partial charge in [-0.25, -0.2) is 14.8 Å². The Kier molecular flexibility index (Phi) is 5.57. The number of nitrogens with zero attached hydrogens (tertiary/aromatic N) is 4. The lowest BCUT2D eigenvalue weighted by Crippen LogP contribution is -2.20. The number of carboxylic acids is 1. The minimum Gasteiger partial charge on any atom is -0.491 e. The fourth-order valence-electron chi connectivity index (χ4n) is 2.93. The third kappa shape index (κ3) is 4.39. The van der Waals surface area contributed by atoms with Crippen LogP contribution in [0.2, 0.25) is 0 Å². The summed E-state index contributed by atoms with van der Waals surface area (Å²) in [5.41, 5.74) is 1.66. The molecule has 8 nitrogen and oxygen atoms in total. The number of ether oxygens (including phenoxy) is 2. The lowest BCUT2D eigenvalue weighted by Gasteiger charge is -2.13. The summed E-state index contributed by atoms with van der Waals surface area (Å²) in [4.78, 5) is 19.3. The van der Waals surface area contributed by atoms with Crippen LogP contribution >= 0.6 is 0 Å². The van der Waals surface area contributed by atoms with Gasteiger partial charge in [0.1, 0.15) is 0 Å². The van der Waals surface area contributed by atoms with Gasteiger partial charge >= 0.3 is 12.1 Å². The maximum Gasteiger partial charge on any atom is 0.422 e. The predicted octanol–water partition coefficient (Wildman–Crippen LogP) is 3.08. The molecule has 3 rings (SSSR count). The van der Waals surface area contributed by atoms with Gasteiger partial charge in [0.15, 0.2) is 18.1 Å². The molecule has 29 heavy (non-hydrogen) atoms. The highest BCUT2D eigenvalue weighted by Gasteiger charge is 2.29. The molecule has 0 bridgehead atoms. The Balaban J connectivity index is 1.95. The molecule has 0 fully saturated rings. The number of aromatic nitrogens is 4. The number of methoxy groups -OCH3 is 1. The first-order valence-electron chi connectivity index (χ1n) is 8.53. The quantitative estimate of drug-likeness (QED) is 0.639. The molecule has 11 heteroatoms. The molecule has 1 N–H and O–H groups in total. The van der Waals surface area contributed by atoms with Crippen molar-refractivity contribution in [1.29, 1.82) is 0 Å². The van der Waals surface area contributed by atoms with Crippen molar-refractivity contribution in [2.45, 2.75) is 26.1 Å². The fraction of sp³-hybridized carbons (Fsp3) is 0.333. The van der Waals surface area contributed by atoms with E-state index in [1.165, 1.54) is 25.6 Å². The number of aryl methyl sites for hydroxylation is 1. The van der Waals surface area contributed by atoms with E-state index in [0.29, 0.717) is 28.6 Å². The molecule has 0 atom stereocenters. The second kappa shape index (κ2) is 7.94. The van der Waals surface area contributed by atoms with Crippen molar-refractivity contribution in [3.63, 3.8) is 0 Å². The Morgan fingerprint density at radius 3 is 2.69 bits per heavy atom. The number of fused-ring (bicyclic) bond motifs is 1. The normalized spacial score (nSPS) is 11.6. The highest BCUT2D eigenvalue weighted by atomic mass is 19.4. The molecular weight excluding hydrogens is 393 g/mol. The second-order valence-corrected chi connectivity index (χ2v) is 6.07. The molecule has 0 aliphatic rings. The van der Waals surface area contributed by atoms with Crippen molar-refractivity contribution in [1.82, 2.24) is 19.7 Å². The van der Waals surface area contributed by atoms with Crippen LogP contribution in [0.4, 0.5) is 13.2 Å². The fourth-order valence-corrected chi connectivity index (χ4v) is 2.93. The zero-order valence-electron chi connectivity index (χ0n) is 15.5.